The van der Waals surface area contributed by atoms with E-state index in [4.69, 9.17) is 4.42 Å². The number of nitrogens with one attached hydrogen (secondary N) is 2. The highest BCUT2D eigenvalue weighted by molar-refractivity contribution is 9.10. The fourth-order valence-electron chi connectivity index (χ4n) is 2.16. The summed E-state index contributed by atoms with van der Waals surface area (Å²) in [6.45, 7) is 0.902. The van der Waals surface area contributed by atoms with Crippen molar-refractivity contribution in [1.82, 2.24) is 15.5 Å². The van der Waals surface area contributed by atoms with Gasteiger partial charge in [0.15, 0.2) is 0 Å². The normalized spacial score (nSPS) is 17.9. The first-order valence-corrected chi connectivity index (χ1v) is 7.26. The maximum absolute atomic E-state index is 13.7. The van der Waals surface area contributed by atoms with Gasteiger partial charge in [-0.05, 0) is 37.6 Å². The van der Waals surface area contributed by atoms with Crippen molar-refractivity contribution in [3.63, 3.8) is 0 Å². The molecule has 1 saturated heterocycles. The van der Waals surface area contributed by atoms with Crippen LogP contribution in [0.2, 0.25) is 0 Å². The lowest BCUT2D eigenvalue weighted by molar-refractivity contribution is 0.102. The fourth-order valence-corrected chi connectivity index (χ4v) is 2.49. The molecule has 110 valence electrons. The van der Waals surface area contributed by atoms with E-state index in [1.54, 1.807) is 6.07 Å². The molecule has 2 N–H and O–H groups in total. The summed E-state index contributed by atoms with van der Waals surface area (Å²) in [5.74, 6) is -0.826. The number of amides is 1. The second-order valence-corrected chi connectivity index (χ2v) is 5.59. The predicted molar refractivity (Wildman–Crippen MR) is 76.3 cm³/mol. The average molecular weight is 355 g/mol. The first-order valence-electron chi connectivity index (χ1n) is 6.46. The summed E-state index contributed by atoms with van der Waals surface area (Å²) < 4.78 is 19.6. The van der Waals surface area contributed by atoms with Crippen LogP contribution in [0, 0.1) is 5.82 Å². The number of hydrogen-bond donors (Lipinski definition) is 2. The maximum Gasteiger partial charge on any atom is 0.322 e. The van der Waals surface area contributed by atoms with Crippen LogP contribution in [0.25, 0.3) is 0 Å². The topological polar surface area (TPSA) is 80.0 Å². The highest BCUT2D eigenvalue weighted by Crippen LogP contribution is 2.23. The molecule has 0 aliphatic carbocycles. The molecule has 8 heteroatoms. The van der Waals surface area contributed by atoms with Gasteiger partial charge in [0.2, 0.25) is 5.89 Å². The molecule has 1 aromatic heterocycles. The van der Waals surface area contributed by atoms with Gasteiger partial charge in [-0.1, -0.05) is 21.0 Å². The lowest BCUT2D eigenvalue weighted by Gasteiger charge is -2.04. The van der Waals surface area contributed by atoms with E-state index < -0.39 is 11.7 Å². The van der Waals surface area contributed by atoms with Crippen LogP contribution in [0.3, 0.4) is 0 Å². The summed E-state index contributed by atoms with van der Waals surface area (Å²) in [7, 11) is 0. The number of carbonyl (C=O) groups is 1. The molecule has 0 spiro atoms. The molecule has 1 fully saturated rings. The Kier molecular flexibility index (Phi) is 3.98. The molecule has 2 heterocycles. The Bertz CT molecular complexity index is 670. The van der Waals surface area contributed by atoms with Crippen LogP contribution in [0.5, 0.6) is 0 Å². The largest absolute Gasteiger partial charge is 0.406 e. The van der Waals surface area contributed by atoms with Gasteiger partial charge in [-0.25, -0.2) is 4.39 Å². The Hall–Kier alpha value is -1.80. The second kappa shape index (κ2) is 5.90. The van der Waals surface area contributed by atoms with Crippen LogP contribution >= 0.6 is 15.9 Å². The summed E-state index contributed by atoms with van der Waals surface area (Å²) in [4.78, 5) is 12.0. The standard InChI is InChI=1S/C13H12BrFN4O2/c14-7-3-4-8(9(15)6-7)11(20)17-13-19-18-12(21-13)10-2-1-5-16-10/h3-4,6,10,16H,1-2,5H2,(H,17,19,20). The lowest BCUT2D eigenvalue weighted by Crippen LogP contribution is -2.14. The van der Waals surface area contributed by atoms with E-state index in [0.717, 1.165) is 19.4 Å². The van der Waals surface area contributed by atoms with Crippen LogP contribution in [0.1, 0.15) is 35.1 Å². The number of halogens is 2. The summed E-state index contributed by atoms with van der Waals surface area (Å²) >= 11 is 3.13. The zero-order valence-electron chi connectivity index (χ0n) is 10.9. The number of aromatic nitrogens is 2. The molecule has 2 aromatic rings. The number of rotatable bonds is 3. The fraction of sp³-hybridized carbons (Fsp3) is 0.308. The molecule has 0 saturated carbocycles. The van der Waals surface area contributed by atoms with Crippen LogP contribution in [-0.4, -0.2) is 22.6 Å². The quantitative estimate of drug-likeness (QED) is 0.885. The molecule has 1 aromatic carbocycles. The maximum atomic E-state index is 13.7. The van der Waals surface area contributed by atoms with Crippen molar-refractivity contribution in [3.8, 4) is 0 Å². The highest BCUT2D eigenvalue weighted by atomic mass is 79.9. The van der Waals surface area contributed by atoms with Crippen molar-refractivity contribution in [2.24, 2.45) is 0 Å². The van der Waals surface area contributed by atoms with Crippen LogP contribution in [0.15, 0.2) is 27.1 Å². The van der Waals surface area contributed by atoms with Crippen molar-refractivity contribution >= 4 is 27.9 Å². The van der Waals surface area contributed by atoms with Crippen molar-refractivity contribution in [1.29, 1.82) is 0 Å². The molecule has 21 heavy (non-hydrogen) atoms. The molecule has 1 amide bonds. The predicted octanol–water partition coefficient (Wildman–Crippen LogP) is 2.65. The number of hydrogen-bond acceptors (Lipinski definition) is 5. The Labute approximate surface area is 128 Å². The summed E-state index contributed by atoms with van der Waals surface area (Å²) in [5, 5.41) is 13.3. The van der Waals surface area contributed by atoms with Gasteiger partial charge in [0.1, 0.15) is 5.82 Å². The van der Waals surface area contributed by atoms with Crippen molar-refractivity contribution in [2.75, 3.05) is 11.9 Å². The third-order valence-electron chi connectivity index (χ3n) is 3.20. The number of carbonyl (C=O) groups excluding carboxylic acids is 1. The minimum atomic E-state index is -0.630. The third-order valence-corrected chi connectivity index (χ3v) is 3.69. The molecule has 6 nitrogen and oxygen atoms in total. The van der Waals surface area contributed by atoms with Gasteiger partial charge in [0.25, 0.3) is 5.91 Å². The Morgan fingerprint density at radius 2 is 2.33 bits per heavy atom. The van der Waals surface area contributed by atoms with E-state index in [1.165, 1.54) is 12.1 Å². The summed E-state index contributed by atoms with van der Waals surface area (Å²) in [6, 6.07) is 4.17. The number of anilines is 1. The minimum absolute atomic E-state index is 0.0209. The molecule has 3 rings (SSSR count). The van der Waals surface area contributed by atoms with Gasteiger partial charge in [-0.15, -0.1) is 5.10 Å². The van der Waals surface area contributed by atoms with E-state index in [0.29, 0.717) is 10.4 Å². The van der Waals surface area contributed by atoms with E-state index >= 15 is 0 Å². The average Bonchev–Trinajstić information content (AvgIpc) is 3.08. The minimum Gasteiger partial charge on any atom is -0.406 e. The smallest absolute Gasteiger partial charge is 0.322 e. The van der Waals surface area contributed by atoms with Gasteiger partial charge >= 0.3 is 6.01 Å². The van der Waals surface area contributed by atoms with Gasteiger partial charge in [-0.2, -0.15) is 0 Å². The monoisotopic (exact) mass is 354 g/mol. The van der Waals surface area contributed by atoms with Crippen LogP contribution < -0.4 is 10.6 Å². The number of nitrogens with zero attached hydrogens (tertiary/aromatic N) is 2. The highest BCUT2D eigenvalue weighted by Gasteiger charge is 2.23. The van der Waals surface area contributed by atoms with Crippen LogP contribution in [-0.2, 0) is 0 Å². The Morgan fingerprint density at radius 1 is 1.48 bits per heavy atom. The first-order chi connectivity index (χ1) is 10.1. The summed E-state index contributed by atoms with van der Waals surface area (Å²) in [5.41, 5.74) is -0.0862. The molecular weight excluding hydrogens is 343 g/mol. The van der Waals surface area contributed by atoms with Gasteiger partial charge in [-0.3, -0.25) is 10.1 Å². The van der Waals surface area contributed by atoms with Gasteiger partial charge < -0.3 is 9.73 Å². The molecule has 1 unspecified atom stereocenters. The molecule has 0 radical (unpaired) electrons. The molecule has 1 atom stereocenters. The third kappa shape index (κ3) is 3.11. The first kappa shape index (κ1) is 14.2. The van der Waals surface area contributed by atoms with Crippen molar-refractivity contribution in [2.45, 2.75) is 18.9 Å². The van der Waals surface area contributed by atoms with E-state index in [2.05, 4.69) is 36.8 Å². The van der Waals surface area contributed by atoms with Gasteiger partial charge in [0.05, 0.1) is 11.6 Å². The van der Waals surface area contributed by atoms with E-state index in [1.807, 2.05) is 0 Å². The summed E-state index contributed by atoms with van der Waals surface area (Å²) in [6.07, 6.45) is 1.95. The van der Waals surface area contributed by atoms with E-state index in [-0.39, 0.29) is 17.6 Å². The SMILES string of the molecule is O=C(Nc1nnc(C2CCCN2)o1)c1ccc(Br)cc1F. The zero-order valence-corrected chi connectivity index (χ0v) is 12.5. The molecule has 1 aliphatic rings. The van der Waals surface area contributed by atoms with Crippen molar-refractivity contribution in [3.05, 3.63) is 39.9 Å². The van der Waals surface area contributed by atoms with Crippen LogP contribution in [0.4, 0.5) is 10.4 Å². The number of benzene rings is 1. The molecule has 1 aliphatic heterocycles. The zero-order chi connectivity index (χ0) is 14.8. The van der Waals surface area contributed by atoms with Gasteiger partial charge in [0, 0.05) is 4.47 Å². The Balaban J connectivity index is 1.72. The second-order valence-electron chi connectivity index (χ2n) is 4.67. The van der Waals surface area contributed by atoms with Crippen molar-refractivity contribution < 1.29 is 13.6 Å². The van der Waals surface area contributed by atoms with E-state index in [9.17, 15) is 9.18 Å². The Morgan fingerprint density at radius 3 is 3.05 bits per heavy atom. The molecule has 0 bridgehead atoms. The molecular formula is C13H12BrFN4O2. The lowest BCUT2D eigenvalue weighted by atomic mass is 10.2.